The minimum Gasteiger partial charge on any atom is -0.479 e. The Morgan fingerprint density at radius 1 is 0.786 bits per heavy atom. The minimum atomic E-state index is -1.29. The van der Waals surface area contributed by atoms with Crippen LogP contribution in [0.1, 0.15) is 77.5 Å². The summed E-state index contributed by atoms with van der Waals surface area (Å²) >= 11 is 0. The summed E-state index contributed by atoms with van der Waals surface area (Å²) < 4.78 is 37.0. The normalized spacial score (nSPS) is 22.1. The maximum Gasteiger partial charge on any atom is 0.341 e. The molecule has 1 saturated heterocycles. The van der Waals surface area contributed by atoms with Crippen molar-refractivity contribution in [1.82, 2.24) is 4.90 Å². The zero-order chi connectivity index (χ0) is 39.8. The lowest BCUT2D eigenvalue weighted by molar-refractivity contribution is -0.539. The lowest BCUT2D eigenvalue weighted by Crippen LogP contribution is -2.44. The van der Waals surface area contributed by atoms with E-state index in [0.29, 0.717) is 12.1 Å². The molecule has 294 valence electrons. The molecule has 0 radical (unpaired) electrons. The molecule has 3 aliphatic heterocycles. The largest absolute Gasteiger partial charge is 0.479 e. The van der Waals surface area contributed by atoms with Gasteiger partial charge in [-0.3, -0.25) is 4.90 Å². The lowest BCUT2D eigenvalue weighted by atomic mass is 9.82. The number of carboxylic acids is 1. The summed E-state index contributed by atoms with van der Waals surface area (Å²) in [5.74, 6) is -3.73. The average molecular weight is 762 g/mol. The Morgan fingerprint density at radius 2 is 1.27 bits per heavy atom. The summed E-state index contributed by atoms with van der Waals surface area (Å²) in [6.07, 6.45) is 12.5. The number of piperazine rings is 1. The first-order chi connectivity index (χ1) is 26.8. The minimum absolute atomic E-state index is 0.126. The van der Waals surface area contributed by atoms with Crippen LogP contribution in [-0.4, -0.2) is 72.1 Å². The molecule has 0 atom stereocenters. The van der Waals surface area contributed by atoms with Gasteiger partial charge in [-0.2, -0.15) is 0 Å². The average Bonchev–Trinajstić information content (AvgIpc) is 3.54. The number of rotatable bonds is 9. The van der Waals surface area contributed by atoms with E-state index in [4.69, 9.17) is 9.84 Å². The first-order valence-electron chi connectivity index (χ1n) is 20.1. The fourth-order valence-corrected chi connectivity index (χ4v) is 9.33. The highest BCUT2D eigenvalue weighted by molar-refractivity contribution is 6.10. The molecule has 9 heteroatoms. The number of likely N-dealkylation sites (N-methyl/N-ethyl adjacent to an activating group) is 2. The number of nitrogens with zero attached hydrogens (tertiary/aromatic N) is 4. The molecule has 1 N–H and O–H groups in total. The smallest absolute Gasteiger partial charge is 0.341 e. The van der Waals surface area contributed by atoms with E-state index in [1.54, 1.807) is 0 Å². The quantitative estimate of drug-likeness (QED) is 0.220. The van der Waals surface area contributed by atoms with E-state index in [2.05, 4.69) is 134 Å². The second-order valence-electron chi connectivity index (χ2n) is 16.3. The molecule has 0 spiro atoms. The predicted octanol–water partition coefficient (Wildman–Crippen LogP) is 9.14. The number of aliphatic carboxylic acids is 1. The van der Waals surface area contributed by atoms with Crippen molar-refractivity contribution in [2.45, 2.75) is 78.2 Å². The fraction of sp³-hybridized carbons (Fsp3) is 0.404. The number of allylic oxidation sites excluding steroid dienone is 8. The standard InChI is InChI=1S/C47H54F2N4O3/c1-7-52-39-18-11-9-16-35(39)46(3,4)41(52)22-20-33-14-13-15-34(21-23-42-47(5,6)36-17-10-12-19-40(36)53(42)8-2)44(33)51-26-24-50(25-27-51)30-32-28-37(48)45(38(49)29-32)56-31-43(54)55/h9-12,16-23,28-29H,7-8,13-15,24-27,30-31H2,1-6H3/p+1. The summed E-state index contributed by atoms with van der Waals surface area (Å²) in [4.78, 5) is 18.0. The van der Waals surface area contributed by atoms with E-state index in [0.717, 1.165) is 58.5 Å². The van der Waals surface area contributed by atoms with Crippen LogP contribution in [0.15, 0.2) is 108 Å². The Kier molecular flexibility index (Phi) is 11.1. The number of carbonyl (C=O) groups is 1. The molecule has 1 aliphatic carbocycles. The molecule has 7 nitrogen and oxygen atoms in total. The number of fused-ring (bicyclic) bond motifs is 2. The zero-order valence-corrected chi connectivity index (χ0v) is 33.7. The Morgan fingerprint density at radius 3 is 1.73 bits per heavy atom. The molecule has 1 saturated carbocycles. The van der Waals surface area contributed by atoms with E-state index < -0.39 is 30.0 Å². The number of hydrogen-bond acceptors (Lipinski definition) is 5. The van der Waals surface area contributed by atoms with E-state index in [9.17, 15) is 13.6 Å². The topological polar surface area (TPSA) is 59.3 Å². The third-order valence-electron chi connectivity index (χ3n) is 12.1. The fourth-order valence-electron chi connectivity index (χ4n) is 9.33. The van der Waals surface area contributed by atoms with E-state index >= 15 is 0 Å². The van der Waals surface area contributed by atoms with E-state index in [1.165, 1.54) is 62.9 Å². The van der Waals surface area contributed by atoms with Gasteiger partial charge < -0.3 is 19.6 Å². The van der Waals surface area contributed by atoms with Gasteiger partial charge in [0.1, 0.15) is 0 Å². The summed E-state index contributed by atoms with van der Waals surface area (Å²) in [6.45, 7) is 18.1. The van der Waals surface area contributed by atoms with E-state index in [1.807, 2.05) is 0 Å². The molecule has 0 unspecified atom stereocenters. The molecular formula is C47H55F2N4O3+. The number of para-hydroxylation sites is 2. The lowest BCUT2D eigenvalue weighted by Gasteiger charge is -2.29. The molecule has 0 aromatic heterocycles. The number of halogens is 2. The first-order valence-corrected chi connectivity index (χ1v) is 20.1. The van der Waals surface area contributed by atoms with Gasteiger partial charge in [0.2, 0.25) is 5.71 Å². The van der Waals surface area contributed by atoms with Crippen LogP contribution in [0.2, 0.25) is 0 Å². The Bertz CT molecular complexity index is 2040. The molecule has 56 heavy (non-hydrogen) atoms. The van der Waals surface area contributed by atoms with Crippen molar-refractivity contribution in [1.29, 1.82) is 0 Å². The molecule has 0 amide bonds. The van der Waals surface area contributed by atoms with E-state index in [-0.39, 0.29) is 10.8 Å². The SMILES string of the molecule is CCN1C(=CC=C2CCC/C(=C\C=C3\N(CC)c4ccccc4C3(C)C)C2=[N+]2CCN(Cc3cc(F)c(OCC(=O)O)c(F)c3)CC2)C(C)(C)c2ccccc21. The van der Waals surface area contributed by atoms with Crippen LogP contribution in [0.5, 0.6) is 5.75 Å². The van der Waals surface area contributed by atoms with Crippen molar-refractivity contribution in [3.05, 3.63) is 136 Å². The van der Waals surface area contributed by atoms with Crippen LogP contribution in [0.4, 0.5) is 20.2 Å². The van der Waals surface area contributed by atoms with Gasteiger partial charge in [-0.05, 0) is 86.2 Å². The van der Waals surface area contributed by atoms with Crippen molar-refractivity contribution in [2.75, 3.05) is 55.7 Å². The highest BCUT2D eigenvalue weighted by atomic mass is 19.1. The number of carboxylic acid groups (broad SMARTS) is 1. The van der Waals surface area contributed by atoms with Crippen molar-refractivity contribution in [3.63, 3.8) is 0 Å². The molecule has 7 rings (SSSR count). The van der Waals surface area contributed by atoms with Gasteiger partial charge in [0.15, 0.2) is 37.1 Å². The number of anilines is 2. The molecule has 3 aromatic carbocycles. The first kappa shape index (κ1) is 39.2. The molecule has 3 heterocycles. The zero-order valence-electron chi connectivity index (χ0n) is 33.7. The van der Waals surface area contributed by atoms with Gasteiger partial charge in [0.05, 0.1) is 13.1 Å². The van der Waals surface area contributed by atoms with Crippen LogP contribution in [0.3, 0.4) is 0 Å². The van der Waals surface area contributed by atoms with Crippen LogP contribution < -0.4 is 14.5 Å². The number of ether oxygens (including phenoxy) is 1. The van der Waals surface area contributed by atoms with Crippen LogP contribution >= 0.6 is 0 Å². The molecule has 3 aromatic rings. The van der Waals surface area contributed by atoms with Crippen LogP contribution in [0, 0.1) is 11.6 Å². The maximum atomic E-state index is 14.8. The summed E-state index contributed by atoms with van der Waals surface area (Å²) in [7, 11) is 0. The van der Waals surface area contributed by atoms with Gasteiger partial charge in [-0.25, -0.2) is 18.2 Å². The predicted molar refractivity (Wildman–Crippen MR) is 221 cm³/mol. The van der Waals surface area contributed by atoms with Crippen molar-refractivity contribution in [3.8, 4) is 5.75 Å². The third-order valence-corrected chi connectivity index (χ3v) is 12.1. The van der Waals surface area contributed by atoms with Gasteiger partial charge in [0.25, 0.3) is 0 Å². The summed E-state index contributed by atoms with van der Waals surface area (Å²) in [5.41, 5.74) is 12.1. The van der Waals surface area contributed by atoms with Gasteiger partial charge in [-0.1, -0.05) is 76.2 Å². The Labute approximate surface area is 330 Å². The monoisotopic (exact) mass is 761 g/mol. The molecule has 0 bridgehead atoms. The van der Waals surface area contributed by atoms with Gasteiger partial charge in [0, 0.05) is 64.4 Å². The maximum absolute atomic E-state index is 14.8. The molecular weight excluding hydrogens is 707 g/mol. The van der Waals surface area contributed by atoms with Crippen molar-refractivity contribution in [2.24, 2.45) is 0 Å². The molecule has 4 aliphatic rings. The Balaban J connectivity index is 1.23. The second-order valence-corrected chi connectivity index (χ2v) is 16.3. The highest BCUT2D eigenvalue weighted by Crippen LogP contribution is 2.49. The van der Waals surface area contributed by atoms with Crippen LogP contribution in [0.25, 0.3) is 0 Å². The third kappa shape index (κ3) is 7.34. The van der Waals surface area contributed by atoms with Gasteiger partial charge >= 0.3 is 5.97 Å². The second kappa shape index (κ2) is 15.8. The number of benzene rings is 3. The van der Waals surface area contributed by atoms with Crippen LogP contribution in [-0.2, 0) is 22.2 Å². The summed E-state index contributed by atoms with van der Waals surface area (Å²) in [5, 5.41) is 8.89. The summed E-state index contributed by atoms with van der Waals surface area (Å²) in [6, 6.07) is 20.0. The molecule has 2 fully saturated rings. The highest BCUT2D eigenvalue weighted by Gasteiger charge is 2.40. The van der Waals surface area contributed by atoms with Crippen molar-refractivity contribution < 1.29 is 28.0 Å². The van der Waals surface area contributed by atoms with Gasteiger partial charge in [-0.15, -0.1) is 0 Å². The number of hydrogen-bond donors (Lipinski definition) is 1. The Hall–Kier alpha value is -5.02. The van der Waals surface area contributed by atoms with Crippen molar-refractivity contribution >= 4 is 23.1 Å².